The zero-order valence-electron chi connectivity index (χ0n) is 16.6. The van der Waals surface area contributed by atoms with E-state index in [2.05, 4.69) is 31.9 Å². The van der Waals surface area contributed by atoms with Crippen LogP contribution in [0.4, 0.5) is 0 Å². The number of H-pyrrole nitrogens is 1. The number of carbonyl (C=O) groups is 1. The van der Waals surface area contributed by atoms with Gasteiger partial charge in [-0.3, -0.25) is 9.36 Å². The molecule has 1 unspecified atom stereocenters. The average molecular weight is 415 g/mol. The molecule has 1 saturated heterocycles. The van der Waals surface area contributed by atoms with Crippen LogP contribution in [-0.2, 0) is 20.8 Å². The highest BCUT2D eigenvalue weighted by Gasteiger charge is 2.23. The number of hydrogen-bond donors (Lipinski definition) is 1. The van der Waals surface area contributed by atoms with Crippen LogP contribution in [-0.4, -0.2) is 50.8 Å². The van der Waals surface area contributed by atoms with Crippen LogP contribution < -0.4 is 0 Å². The Balaban J connectivity index is 1.54. The number of benzene rings is 1. The molecule has 3 heterocycles. The smallest absolute Gasteiger partial charge is 0.305 e. The van der Waals surface area contributed by atoms with Gasteiger partial charge in [-0.1, -0.05) is 30.0 Å². The van der Waals surface area contributed by atoms with Gasteiger partial charge in [0.25, 0.3) is 0 Å². The van der Waals surface area contributed by atoms with Gasteiger partial charge in [0.1, 0.15) is 0 Å². The monoisotopic (exact) mass is 414 g/mol. The maximum absolute atomic E-state index is 11.6. The Hall–Kier alpha value is -2.32. The number of fused-ring (bicyclic) bond motifs is 1. The molecule has 154 valence electrons. The van der Waals surface area contributed by atoms with Crippen LogP contribution in [0.5, 0.6) is 0 Å². The molecule has 0 radical (unpaired) electrons. The minimum Gasteiger partial charge on any atom is -0.466 e. The zero-order valence-corrected chi connectivity index (χ0v) is 17.4. The molecule has 7 nitrogen and oxygen atoms in total. The molecule has 1 atom stereocenters. The third-order valence-corrected chi connectivity index (χ3v) is 6.07. The number of hydrogen-bond acceptors (Lipinski definition) is 6. The molecule has 3 aromatic rings. The molecule has 0 saturated carbocycles. The summed E-state index contributed by atoms with van der Waals surface area (Å²) in [6, 6.07) is 8.21. The van der Waals surface area contributed by atoms with Gasteiger partial charge < -0.3 is 14.5 Å². The van der Waals surface area contributed by atoms with Crippen molar-refractivity contribution in [2.24, 2.45) is 0 Å². The maximum Gasteiger partial charge on any atom is 0.305 e. The summed E-state index contributed by atoms with van der Waals surface area (Å²) < 4.78 is 13.0. The summed E-state index contributed by atoms with van der Waals surface area (Å²) in [5, 5.41) is 11.0. The lowest BCUT2D eigenvalue weighted by Gasteiger charge is -2.14. The topological polar surface area (TPSA) is 82.0 Å². The number of para-hydroxylation sites is 1. The SMILES string of the molecule is CCOC(=O)CCCSc1nnc(-c2c[nH]c3ccccc23)n1CC1CCCO1. The second kappa shape index (κ2) is 9.45. The number of carbonyl (C=O) groups excluding carboxylic acids is 1. The summed E-state index contributed by atoms with van der Waals surface area (Å²) in [6.45, 7) is 3.81. The van der Waals surface area contributed by atoms with Crippen LogP contribution >= 0.6 is 11.8 Å². The molecule has 1 aromatic carbocycles. The Morgan fingerprint density at radius 2 is 2.28 bits per heavy atom. The molecule has 0 bridgehead atoms. The Morgan fingerprint density at radius 1 is 1.38 bits per heavy atom. The first-order valence-corrected chi connectivity index (χ1v) is 11.1. The Bertz CT molecular complexity index is 962. The van der Waals surface area contributed by atoms with E-state index in [1.54, 1.807) is 11.8 Å². The minimum atomic E-state index is -0.145. The van der Waals surface area contributed by atoms with Crippen molar-refractivity contribution < 1.29 is 14.3 Å². The molecule has 2 aromatic heterocycles. The lowest BCUT2D eigenvalue weighted by Crippen LogP contribution is -2.16. The molecule has 1 aliphatic rings. The van der Waals surface area contributed by atoms with Gasteiger partial charge in [0.15, 0.2) is 11.0 Å². The fraction of sp³-hybridized carbons (Fsp3) is 0.476. The van der Waals surface area contributed by atoms with Crippen molar-refractivity contribution in [3.63, 3.8) is 0 Å². The summed E-state index contributed by atoms with van der Waals surface area (Å²) in [5.41, 5.74) is 2.13. The Kier molecular flexibility index (Phi) is 6.51. The molecule has 4 rings (SSSR count). The van der Waals surface area contributed by atoms with Gasteiger partial charge in [-0.25, -0.2) is 0 Å². The second-order valence-corrected chi connectivity index (χ2v) is 8.12. The standard InChI is InChI=1S/C21H26N4O3S/c1-2-27-19(26)10-6-12-29-21-24-23-20(25(21)14-15-7-5-11-28-15)17-13-22-18-9-4-3-8-16(17)18/h3-4,8-9,13,15,22H,2,5-7,10-12,14H2,1H3. The van der Waals surface area contributed by atoms with Crippen LogP contribution in [0.3, 0.4) is 0 Å². The largest absolute Gasteiger partial charge is 0.466 e. The van der Waals surface area contributed by atoms with Crippen molar-refractivity contribution in [1.82, 2.24) is 19.7 Å². The Labute approximate surface area is 174 Å². The van der Waals surface area contributed by atoms with E-state index in [1.807, 2.05) is 25.3 Å². The van der Waals surface area contributed by atoms with Gasteiger partial charge in [0, 0.05) is 41.4 Å². The molecule has 1 fully saturated rings. The summed E-state index contributed by atoms with van der Waals surface area (Å²) in [7, 11) is 0. The maximum atomic E-state index is 11.6. The van der Waals surface area contributed by atoms with Gasteiger partial charge in [-0.15, -0.1) is 10.2 Å². The third-order valence-electron chi connectivity index (χ3n) is 5.02. The van der Waals surface area contributed by atoms with Crippen molar-refractivity contribution in [1.29, 1.82) is 0 Å². The first-order valence-electron chi connectivity index (χ1n) is 10.2. The number of aromatic amines is 1. The normalized spacial score (nSPS) is 16.5. The van der Waals surface area contributed by atoms with Gasteiger partial charge in [-0.05, 0) is 32.3 Å². The van der Waals surface area contributed by atoms with Gasteiger partial charge in [0.05, 0.1) is 19.3 Å². The van der Waals surface area contributed by atoms with Gasteiger partial charge >= 0.3 is 5.97 Å². The predicted octanol–water partition coefficient (Wildman–Crippen LogP) is 4.04. The fourth-order valence-electron chi connectivity index (χ4n) is 3.62. The first kappa shape index (κ1) is 20.0. The molecule has 0 amide bonds. The van der Waals surface area contributed by atoms with Crippen molar-refractivity contribution in [3.8, 4) is 11.4 Å². The number of esters is 1. The van der Waals surface area contributed by atoms with Crippen LogP contribution in [0.25, 0.3) is 22.3 Å². The predicted molar refractivity (Wildman–Crippen MR) is 113 cm³/mol. The lowest BCUT2D eigenvalue weighted by atomic mass is 10.1. The number of aromatic nitrogens is 4. The van der Waals surface area contributed by atoms with E-state index in [-0.39, 0.29) is 12.1 Å². The van der Waals surface area contributed by atoms with Gasteiger partial charge in [0.2, 0.25) is 0 Å². The summed E-state index contributed by atoms with van der Waals surface area (Å²) in [4.78, 5) is 14.9. The molecular weight excluding hydrogens is 388 g/mol. The van der Waals surface area contributed by atoms with Gasteiger partial charge in [-0.2, -0.15) is 0 Å². The molecule has 0 aliphatic carbocycles. The van der Waals surface area contributed by atoms with E-state index in [0.29, 0.717) is 13.0 Å². The number of nitrogens with zero attached hydrogens (tertiary/aromatic N) is 3. The van der Waals surface area contributed by atoms with Crippen LogP contribution in [0.2, 0.25) is 0 Å². The quantitative estimate of drug-likeness (QED) is 0.323. The van der Waals surface area contributed by atoms with Crippen molar-refractivity contribution >= 4 is 28.6 Å². The van der Waals surface area contributed by atoms with Crippen LogP contribution in [0.1, 0.15) is 32.6 Å². The van der Waals surface area contributed by atoms with Crippen molar-refractivity contribution in [3.05, 3.63) is 30.5 Å². The number of nitrogens with one attached hydrogen (secondary N) is 1. The second-order valence-electron chi connectivity index (χ2n) is 7.06. The Morgan fingerprint density at radius 3 is 3.10 bits per heavy atom. The minimum absolute atomic E-state index is 0.145. The summed E-state index contributed by atoms with van der Waals surface area (Å²) >= 11 is 1.63. The van der Waals surface area contributed by atoms with E-state index in [0.717, 1.165) is 65.6 Å². The number of thioether (sulfide) groups is 1. The van der Waals surface area contributed by atoms with E-state index in [4.69, 9.17) is 9.47 Å². The zero-order chi connectivity index (χ0) is 20.1. The number of rotatable bonds is 9. The highest BCUT2D eigenvalue weighted by Crippen LogP contribution is 2.31. The molecule has 1 N–H and O–H groups in total. The van der Waals surface area contributed by atoms with Crippen molar-refractivity contribution in [2.45, 2.75) is 50.4 Å². The van der Waals surface area contributed by atoms with E-state index in [9.17, 15) is 4.79 Å². The van der Waals surface area contributed by atoms with Crippen LogP contribution in [0, 0.1) is 0 Å². The summed E-state index contributed by atoms with van der Waals surface area (Å²) in [5.74, 6) is 1.50. The van der Waals surface area contributed by atoms with Crippen molar-refractivity contribution in [2.75, 3.05) is 19.0 Å². The lowest BCUT2D eigenvalue weighted by molar-refractivity contribution is -0.143. The molecular formula is C21H26N4O3S. The van der Waals surface area contributed by atoms with E-state index in [1.165, 1.54) is 0 Å². The molecule has 0 spiro atoms. The number of ether oxygens (including phenoxy) is 2. The highest BCUT2D eigenvalue weighted by molar-refractivity contribution is 7.99. The van der Waals surface area contributed by atoms with Crippen LogP contribution in [0.15, 0.2) is 35.6 Å². The molecule has 8 heteroatoms. The van der Waals surface area contributed by atoms with E-state index >= 15 is 0 Å². The average Bonchev–Trinajstić information content (AvgIpc) is 3.46. The summed E-state index contributed by atoms with van der Waals surface area (Å²) in [6.07, 6.45) is 5.51. The third kappa shape index (κ3) is 4.64. The first-order chi connectivity index (χ1) is 14.3. The molecule has 29 heavy (non-hydrogen) atoms. The van der Waals surface area contributed by atoms with E-state index < -0.39 is 0 Å². The fourth-order valence-corrected chi connectivity index (χ4v) is 4.51. The highest BCUT2D eigenvalue weighted by atomic mass is 32.2. The molecule has 1 aliphatic heterocycles.